The number of hydrogen-bond acceptors (Lipinski definition) is 4. The number of benzene rings is 1. The van der Waals surface area contributed by atoms with E-state index in [4.69, 9.17) is 9.47 Å². The lowest BCUT2D eigenvalue weighted by molar-refractivity contribution is -0.148. The predicted molar refractivity (Wildman–Crippen MR) is 112 cm³/mol. The van der Waals surface area contributed by atoms with Crippen LogP contribution in [0.4, 0.5) is 0 Å². The Kier molecular flexibility index (Phi) is 9.23. The van der Waals surface area contributed by atoms with Gasteiger partial charge in [-0.1, -0.05) is 45.6 Å². The van der Waals surface area contributed by atoms with Gasteiger partial charge in [-0.15, -0.1) is 0 Å². The molecule has 0 radical (unpaired) electrons. The van der Waals surface area contributed by atoms with E-state index in [0.29, 0.717) is 6.42 Å². The monoisotopic (exact) mass is 389 g/mol. The van der Waals surface area contributed by atoms with E-state index < -0.39 is 12.0 Å². The SMILES string of the molecule is C=CCOC(=O)C(NC(=O)C(C)CCc1ccc(OC(C)(C)C)cc1)C(C)C. The maximum absolute atomic E-state index is 12.5. The first kappa shape index (κ1) is 23.7. The predicted octanol–water partition coefficient (Wildman–Crippen LogP) is 4.30. The lowest BCUT2D eigenvalue weighted by atomic mass is 9.98. The van der Waals surface area contributed by atoms with Crippen LogP contribution in [-0.4, -0.2) is 30.1 Å². The molecule has 0 spiro atoms. The molecule has 1 rings (SSSR count). The van der Waals surface area contributed by atoms with E-state index in [-0.39, 0.29) is 30.0 Å². The maximum atomic E-state index is 12.5. The Hall–Kier alpha value is -2.30. The van der Waals surface area contributed by atoms with E-state index in [0.717, 1.165) is 17.7 Å². The number of hydrogen-bond donors (Lipinski definition) is 1. The number of esters is 1. The average Bonchev–Trinajstić information content (AvgIpc) is 2.61. The van der Waals surface area contributed by atoms with Crippen molar-refractivity contribution in [2.45, 2.75) is 66.0 Å². The van der Waals surface area contributed by atoms with Crippen LogP contribution in [0.5, 0.6) is 5.75 Å². The van der Waals surface area contributed by atoms with Crippen molar-refractivity contribution in [1.82, 2.24) is 5.32 Å². The number of aryl methyl sites for hydroxylation is 1. The summed E-state index contributed by atoms with van der Waals surface area (Å²) in [6, 6.07) is 7.31. The summed E-state index contributed by atoms with van der Waals surface area (Å²) in [5.74, 6) is 0.00876. The molecule has 0 aliphatic heterocycles. The van der Waals surface area contributed by atoms with Crippen LogP contribution in [0, 0.1) is 11.8 Å². The summed E-state index contributed by atoms with van der Waals surface area (Å²) in [7, 11) is 0. The molecular weight excluding hydrogens is 354 g/mol. The van der Waals surface area contributed by atoms with Crippen molar-refractivity contribution < 1.29 is 19.1 Å². The number of amides is 1. The molecule has 0 aliphatic rings. The molecule has 2 unspecified atom stereocenters. The Bertz CT molecular complexity index is 644. The maximum Gasteiger partial charge on any atom is 0.329 e. The van der Waals surface area contributed by atoms with Crippen LogP contribution in [0.25, 0.3) is 0 Å². The molecule has 0 aliphatic carbocycles. The van der Waals surface area contributed by atoms with Crippen LogP contribution < -0.4 is 10.1 Å². The normalized spacial score (nSPS) is 13.5. The highest BCUT2D eigenvalue weighted by molar-refractivity contribution is 5.85. The van der Waals surface area contributed by atoms with Gasteiger partial charge in [-0.2, -0.15) is 0 Å². The number of carbonyl (C=O) groups is 2. The van der Waals surface area contributed by atoms with Crippen molar-refractivity contribution in [1.29, 1.82) is 0 Å². The first-order valence-electron chi connectivity index (χ1n) is 9.89. The van der Waals surface area contributed by atoms with Crippen LogP contribution in [-0.2, 0) is 20.7 Å². The molecule has 1 amide bonds. The highest BCUT2D eigenvalue weighted by Crippen LogP contribution is 2.20. The van der Waals surface area contributed by atoms with Gasteiger partial charge in [-0.25, -0.2) is 4.79 Å². The second kappa shape index (κ2) is 10.9. The van der Waals surface area contributed by atoms with Gasteiger partial charge in [0.15, 0.2) is 0 Å². The molecule has 0 heterocycles. The first-order chi connectivity index (χ1) is 13.0. The summed E-state index contributed by atoms with van der Waals surface area (Å²) in [4.78, 5) is 24.6. The Morgan fingerprint density at radius 3 is 2.25 bits per heavy atom. The summed E-state index contributed by atoms with van der Waals surface area (Å²) in [5.41, 5.74) is 0.917. The molecule has 5 nitrogen and oxygen atoms in total. The topological polar surface area (TPSA) is 64.6 Å². The van der Waals surface area contributed by atoms with E-state index in [1.807, 2.05) is 65.8 Å². The van der Waals surface area contributed by atoms with E-state index in [1.165, 1.54) is 6.08 Å². The first-order valence-corrected chi connectivity index (χ1v) is 9.89. The summed E-state index contributed by atoms with van der Waals surface area (Å²) in [6.45, 7) is 15.3. The molecule has 0 saturated carbocycles. The lowest BCUT2D eigenvalue weighted by Crippen LogP contribution is -2.47. The van der Waals surface area contributed by atoms with Gasteiger partial charge < -0.3 is 14.8 Å². The van der Waals surface area contributed by atoms with E-state index in [1.54, 1.807) is 0 Å². The molecule has 1 aromatic rings. The zero-order chi connectivity index (χ0) is 21.3. The number of carbonyl (C=O) groups excluding carboxylic acids is 2. The Morgan fingerprint density at radius 2 is 1.75 bits per heavy atom. The van der Waals surface area contributed by atoms with Gasteiger partial charge in [0.1, 0.15) is 24.0 Å². The van der Waals surface area contributed by atoms with Crippen molar-refractivity contribution in [3.63, 3.8) is 0 Å². The molecule has 28 heavy (non-hydrogen) atoms. The van der Waals surface area contributed by atoms with Gasteiger partial charge in [0.2, 0.25) is 5.91 Å². The molecule has 2 atom stereocenters. The Labute approximate surface area is 169 Å². The summed E-state index contributed by atoms with van der Waals surface area (Å²) in [5, 5.41) is 2.83. The Morgan fingerprint density at radius 1 is 1.14 bits per heavy atom. The largest absolute Gasteiger partial charge is 0.488 e. The average molecular weight is 390 g/mol. The minimum Gasteiger partial charge on any atom is -0.488 e. The third kappa shape index (κ3) is 8.59. The summed E-state index contributed by atoms with van der Waals surface area (Å²) < 4.78 is 10.9. The van der Waals surface area contributed by atoms with Crippen LogP contribution in [0.2, 0.25) is 0 Å². The third-order valence-corrected chi connectivity index (χ3v) is 4.22. The van der Waals surface area contributed by atoms with Gasteiger partial charge in [-0.05, 0) is 57.2 Å². The zero-order valence-corrected chi connectivity index (χ0v) is 18.1. The fraction of sp³-hybridized carbons (Fsp3) is 0.565. The van der Waals surface area contributed by atoms with Gasteiger partial charge in [0.05, 0.1) is 0 Å². The smallest absolute Gasteiger partial charge is 0.329 e. The highest BCUT2D eigenvalue weighted by atomic mass is 16.5. The van der Waals surface area contributed by atoms with Crippen LogP contribution in [0.15, 0.2) is 36.9 Å². The summed E-state index contributed by atoms with van der Waals surface area (Å²) >= 11 is 0. The van der Waals surface area contributed by atoms with Gasteiger partial charge in [-0.3, -0.25) is 4.79 Å². The van der Waals surface area contributed by atoms with Crippen molar-refractivity contribution in [2.75, 3.05) is 6.61 Å². The van der Waals surface area contributed by atoms with Crippen molar-refractivity contribution in [2.24, 2.45) is 11.8 Å². The van der Waals surface area contributed by atoms with Gasteiger partial charge in [0, 0.05) is 5.92 Å². The van der Waals surface area contributed by atoms with Crippen LogP contribution >= 0.6 is 0 Å². The molecular formula is C23H35NO4. The van der Waals surface area contributed by atoms with Crippen LogP contribution in [0.3, 0.4) is 0 Å². The number of ether oxygens (including phenoxy) is 2. The van der Waals surface area contributed by atoms with Gasteiger partial charge >= 0.3 is 5.97 Å². The molecule has 1 N–H and O–H groups in total. The fourth-order valence-electron chi connectivity index (χ4n) is 2.62. The number of nitrogens with one attached hydrogen (secondary N) is 1. The second-order valence-corrected chi connectivity index (χ2v) is 8.45. The molecule has 5 heteroatoms. The molecule has 0 saturated heterocycles. The third-order valence-electron chi connectivity index (χ3n) is 4.22. The quantitative estimate of drug-likeness (QED) is 0.479. The lowest BCUT2D eigenvalue weighted by Gasteiger charge is -2.23. The van der Waals surface area contributed by atoms with E-state index >= 15 is 0 Å². The van der Waals surface area contributed by atoms with Gasteiger partial charge in [0.25, 0.3) is 0 Å². The second-order valence-electron chi connectivity index (χ2n) is 8.45. The molecule has 1 aromatic carbocycles. The highest BCUT2D eigenvalue weighted by Gasteiger charge is 2.27. The van der Waals surface area contributed by atoms with Crippen molar-refractivity contribution in [3.8, 4) is 5.75 Å². The zero-order valence-electron chi connectivity index (χ0n) is 18.1. The molecule has 0 fully saturated rings. The molecule has 156 valence electrons. The van der Waals surface area contributed by atoms with Crippen LogP contribution in [0.1, 0.15) is 53.5 Å². The minimum atomic E-state index is -0.649. The van der Waals surface area contributed by atoms with Crippen molar-refractivity contribution >= 4 is 11.9 Å². The minimum absolute atomic E-state index is 0.0520. The molecule has 0 aromatic heterocycles. The fourth-order valence-corrected chi connectivity index (χ4v) is 2.62. The standard InChI is InChI=1S/C23H35NO4/c1-8-15-27-22(26)20(16(2)3)24-21(25)17(4)9-10-18-11-13-19(14-12-18)28-23(5,6)7/h8,11-14,16-17,20H,1,9-10,15H2,2-7H3,(H,24,25). The summed E-state index contributed by atoms with van der Waals surface area (Å²) in [6.07, 6.45) is 2.98. The Balaban J connectivity index is 2.57. The number of rotatable bonds is 10. The van der Waals surface area contributed by atoms with E-state index in [9.17, 15) is 9.59 Å². The van der Waals surface area contributed by atoms with Crippen molar-refractivity contribution in [3.05, 3.63) is 42.5 Å². The van der Waals surface area contributed by atoms with E-state index in [2.05, 4.69) is 11.9 Å². The molecule has 0 bridgehead atoms.